The normalized spacial score (nSPS) is 10.7. The van der Waals surface area contributed by atoms with Crippen molar-refractivity contribution in [3.63, 3.8) is 0 Å². The zero-order valence-corrected chi connectivity index (χ0v) is 10.8. The van der Waals surface area contributed by atoms with Crippen molar-refractivity contribution in [3.8, 4) is 11.4 Å². The summed E-state index contributed by atoms with van der Waals surface area (Å²) in [6, 6.07) is 10.6. The Morgan fingerprint density at radius 2 is 1.95 bits per heavy atom. The second-order valence-electron chi connectivity index (χ2n) is 4.33. The van der Waals surface area contributed by atoms with Crippen molar-refractivity contribution in [2.24, 2.45) is 0 Å². The summed E-state index contributed by atoms with van der Waals surface area (Å²) in [5.41, 5.74) is 1.44. The lowest BCUT2D eigenvalue weighted by atomic mass is 10.1. The van der Waals surface area contributed by atoms with E-state index < -0.39 is 5.97 Å². The topological polar surface area (TPSA) is 75.0 Å². The van der Waals surface area contributed by atoms with Gasteiger partial charge in [0.25, 0.3) is 0 Å². The Bertz CT molecular complexity index is 832. The molecule has 3 rings (SSSR count). The first-order chi connectivity index (χ1) is 9.72. The highest BCUT2D eigenvalue weighted by Gasteiger charge is 2.20. The summed E-state index contributed by atoms with van der Waals surface area (Å²) < 4.78 is 4.73. The van der Waals surface area contributed by atoms with Crippen LogP contribution < -0.4 is 5.43 Å². The van der Waals surface area contributed by atoms with Crippen molar-refractivity contribution in [2.45, 2.75) is 0 Å². The highest BCUT2D eigenvalue weighted by atomic mass is 16.5. The molecular weight excluding hydrogens is 256 g/mol. The van der Waals surface area contributed by atoms with Crippen LogP contribution in [0.25, 0.3) is 22.3 Å². The van der Waals surface area contributed by atoms with Crippen molar-refractivity contribution >= 4 is 16.9 Å². The summed E-state index contributed by atoms with van der Waals surface area (Å²) in [7, 11) is 1.26. The van der Waals surface area contributed by atoms with Crippen LogP contribution in [0.1, 0.15) is 10.4 Å². The molecule has 100 valence electrons. The van der Waals surface area contributed by atoms with Gasteiger partial charge in [0.15, 0.2) is 0 Å². The van der Waals surface area contributed by atoms with E-state index in [2.05, 4.69) is 9.97 Å². The Kier molecular flexibility index (Phi) is 2.87. The SMILES string of the molecule is COC(=O)c1c(-c2ccc[nH]2)[nH]c2ccccc2c1=O. The number of esters is 1. The van der Waals surface area contributed by atoms with Crippen LogP contribution in [0.3, 0.4) is 0 Å². The summed E-state index contributed by atoms with van der Waals surface area (Å²) in [4.78, 5) is 30.6. The van der Waals surface area contributed by atoms with Gasteiger partial charge in [0, 0.05) is 17.1 Å². The Labute approximate surface area is 114 Å². The molecule has 0 saturated carbocycles. The largest absolute Gasteiger partial charge is 0.465 e. The molecule has 0 amide bonds. The van der Waals surface area contributed by atoms with Crippen molar-refractivity contribution < 1.29 is 9.53 Å². The quantitative estimate of drug-likeness (QED) is 0.700. The maximum atomic E-state index is 12.5. The third-order valence-corrected chi connectivity index (χ3v) is 3.17. The number of benzene rings is 1. The lowest BCUT2D eigenvalue weighted by Crippen LogP contribution is -2.19. The first-order valence-electron chi connectivity index (χ1n) is 6.09. The van der Waals surface area contributed by atoms with E-state index >= 15 is 0 Å². The number of H-pyrrole nitrogens is 2. The van der Waals surface area contributed by atoms with Crippen molar-refractivity contribution in [1.29, 1.82) is 0 Å². The molecule has 0 fully saturated rings. The standard InChI is InChI=1S/C15H12N2O3/c1-20-15(19)12-13(11-7-4-8-16-11)17-10-6-3-2-5-9(10)14(12)18/h2-8,16H,1H3,(H,17,18). The van der Waals surface area contributed by atoms with Crippen LogP contribution in [0.2, 0.25) is 0 Å². The molecular formula is C15H12N2O3. The maximum Gasteiger partial charge on any atom is 0.344 e. The van der Waals surface area contributed by atoms with Crippen LogP contribution in [0.5, 0.6) is 0 Å². The average molecular weight is 268 g/mol. The van der Waals surface area contributed by atoms with E-state index in [-0.39, 0.29) is 11.0 Å². The molecule has 2 heterocycles. The van der Waals surface area contributed by atoms with Crippen LogP contribution in [0.15, 0.2) is 47.4 Å². The summed E-state index contributed by atoms with van der Waals surface area (Å²) in [5, 5.41) is 0.461. The highest BCUT2D eigenvalue weighted by Crippen LogP contribution is 2.21. The molecule has 0 bridgehead atoms. The van der Waals surface area contributed by atoms with Gasteiger partial charge in [-0.25, -0.2) is 4.79 Å². The van der Waals surface area contributed by atoms with Crippen LogP contribution in [0.4, 0.5) is 0 Å². The Morgan fingerprint density at radius 3 is 2.65 bits per heavy atom. The van der Waals surface area contributed by atoms with Gasteiger partial charge in [-0.2, -0.15) is 0 Å². The Morgan fingerprint density at radius 1 is 1.15 bits per heavy atom. The number of carbonyl (C=O) groups is 1. The molecule has 5 heteroatoms. The Balaban J connectivity index is 2.43. The minimum atomic E-state index is -0.651. The molecule has 1 aromatic carbocycles. The van der Waals surface area contributed by atoms with E-state index in [1.54, 1.807) is 36.5 Å². The van der Waals surface area contributed by atoms with Crippen LogP contribution in [0, 0.1) is 0 Å². The van der Waals surface area contributed by atoms with E-state index in [1.807, 2.05) is 6.07 Å². The smallest absolute Gasteiger partial charge is 0.344 e. The average Bonchev–Trinajstić information content (AvgIpc) is 3.00. The van der Waals surface area contributed by atoms with Gasteiger partial charge in [0.1, 0.15) is 5.56 Å². The fourth-order valence-electron chi connectivity index (χ4n) is 2.22. The first kappa shape index (κ1) is 12.2. The predicted octanol–water partition coefficient (Wildman–Crippen LogP) is 2.31. The number of para-hydroxylation sites is 1. The number of aromatic nitrogens is 2. The van der Waals surface area contributed by atoms with Crippen molar-refractivity contribution in [2.75, 3.05) is 7.11 Å². The molecule has 0 aliphatic rings. The fourth-order valence-corrected chi connectivity index (χ4v) is 2.22. The molecule has 0 unspecified atom stereocenters. The number of ether oxygens (including phenoxy) is 1. The molecule has 0 saturated heterocycles. The van der Waals surface area contributed by atoms with Gasteiger partial charge in [-0.05, 0) is 24.3 Å². The first-order valence-corrected chi connectivity index (χ1v) is 6.09. The lowest BCUT2D eigenvalue weighted by Gasteiger charge is -2.08. The number of carbonyl (C=O) groups excluding carboxylic acids is 1. The van der Waals surface area contributed by atoms with E-state index in [0.717, 1.165) is 0 Å². The van der Waals surface area contributed by atoms with Crippen LogP contribution >= 0.6 is 0 Å². The van der Waals surface area contributed by atoms with Crippen LogP contribution in [-0.2, 0) is 4.74 Å². The highest BCUT2D eigenvalue weighted by molar-refractivity contribution is 5.99. The Hall–Kier alpha value is -2.82. The molecule has 3 aromatic rings. The van der Waals surface area contributed by atoms with Gasteiger partial charge < -0.3 is 14.7 Å². The second kappa shape index (κ2) is 4.70. The zero-order chi connectivity index (χ0) is 14.1. The molecule has 0 radical (unpaired) electrons. The molecule has 0 spiro atoms. The number of fused-ring (bicyclic) bond motifs is 1. The molecule has 20 heavy (non-hydrogen) atoms. The number of methoxy groups -OCH3 is 1. The van der Waals surface area contributed by atoms with Crippen molar-refractivity contribution in [3.05, 3.63) is 58.4 Å². The summed E-state index contributed by atoms with van der Waals surface area (Å²) in [6.07, 6.45) is 1.73. The molecule has 2 N–H and O–H groups in total. The van der Waals surface area contributed by atoms with Crippen molar-refractivity contribution in [1.82, 2.24) is 9.97 Å². The summed E-state index contributed by atoms with van der Waals surface area (Å²) in [6.45, 7) is 0. The van der Waals surface area contributed by atoms with Gasteiger partial charge in [-0.1, -0.05) is 12.1 Å². The van der Waals surface area contributed by atoms with E-state index in [1.165, 1.54) is 7.11 Å². The number of aromatic amines is 2. The number of nitrogens with one attached hydrogen (secondary N) is 2. The number of pyridine rings is 1. The van der Waals surface area contributed by atoms with Gasteiger partial charge >= 0.3 is 5.97 Å². The zero-order valence-electron chi connectivity index (χ0n) is 10.8. The van der Waals surface area contributed by atoms with Gasteiger partial charge in [0.2, 0.25) is 5.43 Å². The van der Waals surface area contributed by atoms with Gasteiger partial charge in [-0.3, -0.25) is 4.79 Å². The number of hydrogen-bond donors (Lipinski definition) is 2. The molecule has 5 nitrogen and oxygen atoms in total. The maximum absolute atomic E-state index is 12.5. The molecule has 0 atom stereocenters. The van der Waals surface area contributed by atoms with Crippen LogP contribution in [-0.4, -0.2) is 23.0 Å². The molecule has 0 aliphatic carbocycles. The van der Waals surface area contributed by atoms with Gasteiger partial charge in [0.05, 0.1) is 18.5 Å². The monoisotopic (exact) mass is 268 g/mol. The van der Waals surface area contributed by atoms with Gasteiger partial charge in [-0.15, -0.1) is 0 Å². The second-order valence-corrected chi connectivity index (χ2v) is 4.33. The minimum Gasteiger partial charge on any atom is -0.465 e. The third kappa shape index (κ3) is 1.80. The molecule has 0 aliphatic heterocycles. The van der Waals surface area contributed by atoms with E-state index in [4.69, 9.17) is 4.74 Å². The fraction of sp³-hybridized carbons (Fsp3) is 0.0667. The number of rotatable bonds is 2. The predicted molar refractivity (Wildman–Crippen MR) is 75.7 cm³/mol. The van der Waals surface area contributed by atoms with E-state index in [0.29, 0.717) is 22.3 Å². The summed E-state index contributed by atoms with van der Waals surface area (Å²) in [5.74, 6) is -0.651. The minimum absolute atomic E-state index is 0.00801. The summed E-state index contributed by atoms with van der Waals surface area (Å²) >= 11 is 0. The lowest BCUT2D eigenvalue weighted by molar-refractivity contribution is 0.0600. The third-order valence-electron chi connectivity index (χ3n) is 3.17. The molecule has 2 aromatic heterocycles. The van der Waals surface area contributed by atoms with E-state index in [9.17, 15) is 9.59 Å². The number of hydrogen-bond acceptors (Lipinski definition) is 3.